The second-order valence-electron chi connectivity index (χ2n) is 3.00. The van der Waals surface area contributed by atoms with Gasteiger partial charge in [-0.1, -0.05) is 0 Å². The van der Waals surface area contributed by atoms with E-state index in [1.165, 1.54) is 12.4 Å². The van der Waals surface area contributed by atoms with Gasteiger partial charge in [0.15, 0.2) is 6.10 Å². The Balaban J connectivity index is 2.34. The van der Waals surface area contributed by atoms with Crippen LogP contribution in [0.5, 0.6) is 0 Å². The molecular formula is C10H10N2O2. The number of aliphatic hydroxyl groups excluding tert-OH is 1. The molecule has 0 aromatic carbocycles. The maximum Gasteiger partial charge on any atom is 0.155 e. The third-order valence-corrected chi connectivity index (χ3v) is 2.01. The van der Waals surface area contributed by atoms with Gasteiger partial charge in [-0.05, 0) is 18.6 Å². The van der Waals surface area contributed by atoms with E-state index >= 15 is 0 Å². The average molecular weight is 190 g/mol. The second kappa shape index (κ2) is 3.59. The van der Waals surface area contributed by atoms with Gasteiger partial charge in [0.1, 0.15) is 5.76 Å². The highest BCUT2D eigenvalue weighted by Gasteiger charge is 2.17. The van der Waals surface area contributed by atoms with Crippen molar-refractivity contribution < 1.29 is 9.52 Å². The van der Waals surface area contributed by atoms with Crippen LogP contribution in [0.15, 0.2) is 35.3 Å². The van der Waals surface area contributed by atoms with E-state index in [2.05, 4.69) is 9.97 Å². The molecule has 72 valence electrons. The van der Waals surface area contributed by atoms with Gasteiger partial charge in [-0.25, -0.2) is 0 Å². The number of aryl methyl sites for hydroxylation is 1. The molecule has 4 heteroatoms. The van der Waals surface area contributed by atoms with Gasteiger partial charge >= 0.3 is 0 Å². The van der Waals surface area contributed by atoms with Crippen LogP contribution in [-0.4, -0.2) is 15.1 Å². The molecule has 0 saturated heterocycles. The Morgan fingerprint density at radius 1 is 1.43 bits per heavy atom. The first kappa shape index (κ1) is 8.90. The first-order chi connectivity index (χ1) is 6.79. The molecule has 2 rings (SSSR count). The van der Waals surface area contributed by atoms with Gasteiger partial charge < -0.3 is 9.52 Å². The molecule has 0 fully saturated rings. The molecule has 0 radical (unpaired) electrons. The predicted molar refractivity (Wildman–Crippen MR) is 49.5 cm³/mol. The Morgan fingerprint density at radius 3 is 2.86 bits per heavy atom. The summed E-state index contributed by atoms with van der Waals surface area (Å²) >= 11 is 0. The number of hydrogen-bond acceptors (Lipinski definition) is 4. The van der Waals surface area contributed by atoms with Crippen molar-refractivity contribution in [2.45, 2.75) is 13.0 Å². The van der Waals surface area contributed by atoms with Crippen LogP contribution in [0.2, 0.25) is 0 Å². The van der Waals surface area contributed by atoms with E-state index in [4.69, 9.17) is 4.42 Å². The Morgan fingerprint density at radius 2 is 2.29 bits per heavy atom. The molecule has 0 aliphatic rings. The number of hydrogen-bond donors (Lipinski definition) is 1. The fourth-order valence-corrected chi connectivity index (χ4v) is 1.25. The summed E-state index contributed by atoms with van der Waals surface area (Å²) in [5, 5.41) is 9.87. The molecule has 1 N–H and O–H groups in total. The van der Waals surface area contributed by atoms with Gasteiger partial charge in [0, 0.05) is 12.4 Å². The maximum absolute atomic E-state index is 9.87. The number of furan rings is 1. The second-order valence-corrected chi connectivity index (χ2v) is 3.00. The van der Waals surface area contributed by atoms with Crippen LogP contribution in [0.3, 0.4) is 0 Å². The minimum Gasteiger partial charge on any atom is -0.466 e. The minimum absolute atomic E-state index is 0.491. The Hall–Kier alpha value is -1.68. The van der Waals surface area contributed by atoms with Crippen molar-refractivity contribution in [3.05, 3.63) is 47.9 Å². The first-order valence-electron chi connectivity index (χ1n) is 4.27. The fraction of sp³-hybridized carbons (Fsp3) is 0.200. The van der Waals surface area contributed by atoms with Crippen LogP contribution < -0.4 is 0 Å². The van der Waals surface area contributed by atoms with Crippen LogP contribution >= 0.6 is 0 Å². The number of rotatable bonds is 2. The molecule has 1 atom stereocenters. The summed E-state index contributed by atoms with van der Waals surface area (Å²) in [5.74, 6) is 0.519. The van der Waals surface area contributed by atoms with Crippen molar-refractivity contribution in [1.29, 1.82) is 0 Å². The summed E-state index contributed by atoms with van der Waals surface area (Å²) in [7, 11) is 0. The fourth-order valence-electron chi connectivity index (χ4n) is 1.25. The van der Waals surface area contributed by atoms with Crippen LogP contribution in [0.4, 0.5) is 0 Å². The summed E-state index contributed by atoms with van der Waals surface area (Å²) in [6.45, 7) is 1.87. The topological polar surface area (TPSA) is 59.2 Å². The monoisotopic (exact) mass is 190 g/mol. The van der Waals surface area contributed by atoms with Crippen molar-refractivity contribution >= 4 is 0 Å². The summed E-state index contributed by atoms with van der Waals surface area (Å²) in [5.41, 5.74) is 1.40. The smallest absolute Gasteiger partial charge is 0.155 e. The van der Waals surface area contributed by atoms with E-state index < -0.39 is 6.10 Å². The van der Waals surface area contributed by atoms with Crippen molar-refractivity contribution in [2.24, 2.45) is 0 Å². The number of nitrogens with zero attached hydrogens (tertiary/aromatic N) is 2. The highest BCUT2D eigenvalue weighted by molar-refractivity contribution is 5.22. The molecule has 0 saturated carbocycles. The lowest BCUT2D eigenvalue weighted by atomic mass is 10.1. The molecule has 0 aliphatic heterocycles. The minimum atomic E-state index is -0.835. The van der Waals surface area contributed by atoms with Gasteiger partial charge in [0.25, 0.3) is 0 Å². The van der Waals surface area contributed by atoms with E-state index in [1.807, 2.05) is 6.92 Å². The van der Waals surface area contributed by atoms with Gasteiger partial charge in [0.05, 0.1) is 18.2 Å². The Kier molecular flexibility index (Phi) is 2.28. The predicted octanol–water partition coefficient (Wildman–Crippen LogP) is 1.46. The summed E-state index contributed by atoms with van der Waals surface area (Å²) < 4.78 is 5.16. The molecular weight excluding hydrogens is 180 g/mol. The molecule has 2 aromatic heterocycles. The zero-order chi connectivity index (χ0) is 9.97. The zero-order valence-corrected chi connectivity index (χ0v) is 7.71. The largest absolute Gasteiger partial charge is 0.466 e. The van der Waals surface area contributed by atoms with Crippen molar-refractivity contribution in [2.75, 3.05) is 0 Å². The summed E-state index contributed by atoms with van der Waals surface area (Å²) in [4.78, 5) is 7.88. The average Bonchev–Trinajstić information content (AvgIpc) is 2.65. The van der Waals surface area contributed by atoms with Crippen molar-refractivity contribution in [3.63, 3.8) is 0 Å². The molecule has 0 spiro atoms. The summed E-state index contributed by atoms with van der Waals surface area (Å²) in [6.07, 6.45) is 5.33. The quantitative estimate of drug-likeness (QED) is 0.778. The van der Waals surface area contributed by atoms with Crippen molar-refractivity contribution in [3.8, 4) is 0 Å². The molecule has 0 aliphatic carbocycles. The molecule has 2 heterocycles. The van der Waals surface area contributed by atoms with Crippen LogP contribution in [0, 0.1) is 6.92 Å². The zero-order valence-electron chi connectivity index (χ0n) is 7.71. The normalized spacial score (nSPS) is 12.7. The molecule has 2 aromatic rings. The lowest BCUT2D eigenvalue weighted by Gasteiger charge is -2.06. The van der Waals surface area contributed by atoms with E-state index in [-0.39, 0.29) is 0 Å². The van der Waals surface area contributed by atoms with Crippen LogP contribution in [0.1, 0.15) is 23.1 Å². The third-order valence-electron chi connectivity index (χ3n) is 2.01. The highest BCUT2D eigenvalue weighted by Crippen LogP contribution is 2.22. The van der Waals surface area contributed by atoms with Crippen molar-refractivity contribution in [1.82, 2.24) is 9.97 Å². The molecule has 0 amide bonds. The Bertz CT molecular complexity index is 411. The first-order valence-corrected chi connectivity index (χ1v) is 4.27. The number of aromatic nitrogens is 2. The molecule has 0 bridgehead atoms. The molecule has 1 unspecified atom stereocenters. The van der Waals surface area contributed by atoms with Gasteiger partial charge in [0.2, 0.25) is 0 Å². The van der Waals surface area contributed by atoms with Gasteiger partial charge in [-0.2, -0.15) is 0 Å². The summed E-state index contributed by atoms with van der Waals surface area (Å²) in [6, 6.07) is 1.80. The van der Waals surface area contributed by atoms with Crippen LogP contribution in [0.25, 0.3) is 0 Å². The van der Waals surface area contributed by atoms with E-state index in [9.17, 15) is 5.11 Å². The Labute approximate surface area is 81.2 Å². The van der Waals surface area contributed by atoms with E-state index in [0.717, 1.165) is 5.56 Å². The molecule has 4 nitrogen and oxygen atoms in total. The SMILES string of the molecule is Cc1ccoc1C(O)c1cnccn1. The molecule has 14 heavy (non-hydrogen) atoms. The highest BCUT2D eigenvalue weighted by atomic mass is 16.4. The van der Waals surface area contributed by atoms with E-state index in [0.29, 0.717) is 11.5 Å². The van der Waals surface area contributed by atoms with Crippen LogP contribution in [-0.2, 0) is 0 Å². The van der Waals surface area contributed by atoms with E-state index in [1.54, 1.807) is 18.5 Å². The lowest BCUT2D eigenvalue weighted by Crippen LogP contribution is -2.02. The number of aliphatic hydroxyl groups is 1. The standard InChI is InChI=1S/C10H10N2O2/c1-7-2-5-14-10(7)9(13)8-6-11-3-4-12-8/h2-6,9,13H,1H3. The third kappa shape index (κ3) is 1.52. The van der Waals surface area contributed by atoms with Gasteiger partial charge in [-0.15, -0.1) is 0 Å². The maximum atomic E-state index is 9.87. The van der Waals surface area contributed by atoms with Gasteiger partial charge in [-0.3, -0.25) is 9.97 Å². The lowest BCUT2D eigenvalue weighted by molar-refractivity contribution is 0.183.